The molecule has 0 radical (unpaired) electrons. The van der Waals surface area contributed by atoms with Gasteiger partial charge in [-0.2, -0.15) is 5.10 Å². The molecule has 2 N–H and O–H groups in total. The topological polar surface area (TPSA) is 72.5 Å². The first kappa shape index (κ1) is 16.2. The van der Waals surface area contributed by atoms with E-state index >= 15 is 0 Å². The first-order chi connectivity index (χ1) is 11.2. The molecular weight excluding hydrogens is 312 g/mol. The number of hydrogen-bond donors (Lipinski definition) is 2. The van der Waals surface area contributed by atoms with Crippen LogP contribution in [0.3, 0.4) is 0 Å². The minimum absolute atomic E-state index is 0.0271. The average molecular weight is 334 g/mol. The van der Waals surface area contributed by atoms with Gasteiger partial charge in [0.2, 0.25) is 0 Å². The van der Waals surface area contributed by atoms with E-state index in [-0.39, 0.29) is 18.6 Å². The van der Waals surface area contributed by atoms with E-state index in [0.717, 1.165) is 30.1 Å². The predicted octanol–water partition coefficient (Wildman–Crippen LogP) is 1.67. The number of carbonyl (C=O) groups excluding carboxylic acids is 1. The van der Waals surface area contributed by atoms with Gasteiger partial charge in [0.05, 0.1) is 17.2 Å². The van der Waals surface area contributed by atoms with Crippen molar-refractivity contribution >= 4 is 17.2 Å². The van der Waals surface area contributed by atoms with Crippen LogP contribution in [-0.4, -0.2) is 69.8 Å². The SMILES string of the molecule is CCC(CO)N1CCN(C(=O)c2cc(-c3cccs3)[nH]n2)CC1. The lowest BCUT2D eigenvalue weighted by Crippen LogP contribution is -2.52. The lowest BCUT2D eigenvalue weighted by molar-refractivity contribution is 0.0468. The fourth-order valence-corrected chi connectivity index (χ4v) is 3.64. The summed E-state index contributed by atoms with van der Waals surface area (Å²) in [4.78, 5) is 17.8. The summed E-state index contributed by atoms with van der Waals surface area (Å²) in [6.45, 7) is 5.20. The summed E-state index contributed by atoms with van der Waals surface area (Å²) in [5, 5.41) is 18.5. The number of nitrogens with one attached hydrogen (secondary N) is 1. The second kappa shape index (κ2) is 7.25. The van der Waals surface area contributed by atoms with Crippen LogP contribution in [0, 0.1) is 0 Å². The molecule has 1 amide bonds. The number of H-pyrrole nitrogens is 1. The van der Waals surface area contributed by atoms with Crippen LogP contribution in [0.1, 0.15) is 23.8 Å². The highest BCUT2D eigenvalue weighted by atomic mass is 32.1. The summed E-state index contributed by atoms with van der Waals surface area (Å²) in [6.07, 6.45) is 0.925. The molecular formula is C16H22N4O2S. The number of aliphatic hydroxyl groups excluding tert-OH is 1. The quantitative estimate of drug-likeness (QED) is 0.872. The Balaban J connectivity index is 1.62. The van der Waals surface area contributed by atoms with E-state index in [4.69, 9.17) is 0 Å². The lowest BCUT2D eigenvalue weighted by Gasteiger charge is -2.38. The Bertz CT molecular complexity index is 628. The molecule has 2 aromatic rings. The molecule has 3 heterocycles. The highest BCUT2D eigenvalue weighted by Gasteiger charge is 2.26. The van der Waals surface area contributed by atoms with Crippen molar-refractivity contribution in [1.29, 1.82) is 0 Å². The number of carbonyl (C=O) groups is 1. The first-order valence-electron chi connectivity index (χ1n) is 7.96. The molecule has 1 aliphatic rings. The third-order valence-electron chi connectivity index (χ3n) is 4.38. The molecule has 0 spiro atoms. The maximum Gasteiger partial charge on any atom is 0.274 e. The molecule has 3 rings (SSSR count). The van der Waals surface area contributed by atoms with E-state index in [9.17, 15) is 9.90 Å². The zero-order valence-electron chi connectivity index (χ0n) is 13.2. The number of rotatable bonds is 5. The molecule has 1 saturated heterocycles. The fourth-order valence-electron chi connectivity index (χ4n) is 2.94. The zero-order chi connectivity index (χ0) is 16.2. The largest absolute Gasteiger partial charge is 0.395 e. The smallest absolute Gasteiger partial charge is 0.274 e. The molecule has 6 nitrogen and oxygen atoms in total. The Kier molecular flexibility index (Phi) is 5.09. The van der Waals surface area contributed by atoms with Crippen LogP contribution in [0.2, 0.25) is 0 Å². The van der Waals surface area contributed by atoms with Crippen molar-refractivity contribution in [2.75, 3.05) is 32.8 Å². The van der Waals surface area contributed by atoms with Gasteiger partial charge in [0.15, 0.2) is 5.69 Å². The summed E-state index contributed by atoms with van der Waals surface area (Å²) >= 11 is 1.62. The highest BCUT2D eigenvalue weighted by Crippen LogP contribution is 2.23. The molecule has 0 aromatic carbocycles. The van der Waals surface area contributed by atoms with Gasteiger partial charge in [-0.1, -0.05) is 13.0 Å². The van der Waals surface area contributed by atoms with Gasteiger partial charge in [0, 0.05) is 32.2 Å². The number of hydrogen-bond acceptors (Lipinski definition) is 5. The fraction of sp³-hybridized carbons (Fsp3) is 0.500. The second-order valence-corrected chi connectivity index (χ2v) is 6.66. The molecule has 23 heavy (non-hydrogen) atoms. The van der Waals surface area contributed by atoms with Gasteiger partial charge >= 0.3 is 0 Å². The van der Waals surface area contributed by atoms with E-state index < -0.39 is 0 Å². The number of aromatic nitrogens is 2. The molecule has 124 valence electrons. The van der Waals surface area contributed by atoms with Gasteiger partial charge in [0.1, 0.15) is 0 Å². The third-order valence-corrected chi connectivity index (χ3v) is 5.29. The first-order valence-corrected chi connectivity index (χ1v) is 8.84. The van der Waals surface area contributed by atoms with E-state index in [2.05, 4.69) is 22.0 Å². The number of amides is 1. The van der Waals surface area contributed by atoms with Crippen LogP contribution in [0.25, 0.3) is 10.6 Å². The number of thiophene rings is 1. The van der Waals surface area contributed by atoms with Crippen molar-refractivity contribution in [2.24, 2.45) is 0 Å². The molecule has 1 atom stereocenters. The van der Waals surface area contributed by atoms with Crippen LogP contribution < -0.4 is 0 Å². The summed E-state index contributed by atoms with van der Waals surface area (Å²) in [7, 11) is 0. The van der Waals surface area contributed by atoms with Gasteiger partial charge in [-0.25, -0.2) is 0 Å². The van der Waals surface area contributed by atoms with E-state index in [1.54, 1.807) is 11.3 Å². The zero-order valence-corrected chi connectivity index (χ0v) is 14.1. The number of nitrogens with zero attached hydrogens (tertiary/aromatic N) is 3. The van der Waals surface area contributed by atoms with Gasteiger partial charge in [0.25, 0.3) is 5.91 Å². The molecule has 2 aromatic heterocycles. The van der Waals surface area contributed by atoms with Crippen LogP contribution in [0.5, 0.6) is 0 Å². The summed E-state index contributed by atoms with van der Waals surface area (Å²) in [6, 6.07) is 6.00. The van der Waals surface area contributed by atoms with Crippen LogP contribution >= 0.6 is 11.3 Å². The summed E-state index contributed by atoms with van der Waals surface area (Å²) < 4.78 is 0. The maximum atomic E-state index is 12.6. The molecule has 1 fully saturated rings. The van der Waals surface area contributed by atoms with Crippen molar-refractivity contribution in [3.8, 4) is 10.6 Å². The van der Waals surface area contributed by atoms with Crippen LogP contribution in [0.15, 0.2) is 23.6 Å². The lowest BCUT2D eigenvalue weighted by atomic mass is 10.1. The second-order valence-electron chi connectivity index (χ2n) is 5.72. The van der Waals surface area contributed by atoms with Crippen LogP contribution in [0.4, 0.5) is 0 Å². The number of aromatic amines is 1. The molecule has 0 saturated carbocycles. The summed E-state index contributed by atoms with van der Waals surface area (Å²) in [5.74, 6) is -0.0271. The summed E-state index contributed by atoms with van der Waals surface area (Å²) in [5.41, 5.74) is 1.35. The standard InChI is InChI=1S/C16H22N4O2S/c1-2-12(11-21)19-5-7-20(8-6-19)16(22)14-10-13(17-18-14)15-4-3-9-23-15/h3-4,9-10,12,21H,2,5-8,11H2,1H3,(H,17,18). The van der Waals surface area contributed by atoms with Gasteiger partial charge in [-0.3, -0.25) is 14.8 Å². The predicted molar refractivity (Wildman–Crippen MR) is 90.5 cm³/mol. The van der Waals surface area contributed by atoms with E-state index in [1.807, 2.05) is 28.5 Å². The Morgan fingerprint density at radius 1 is 1.43 bits per heavy atom. The van der Waals surface area contributed by atoms with E-state index in [1.165, 1.54) is 0 Å². The number of aliphatic hydroxyl groups is 1. The highest BCUT2D eigenvalue weighted by molar-refractivity contribution is 7.13. The molecule has 0 aliphatic carbocycles. The van der Waals surface area contributed by atoms with Crippen LogP contribution in [-0.2, 0) is 0 Å². The van der Waals surface area contributed by atoms with Crippen molar-refractivity contribution in [1.82, 2.24) is 20.0 Å². The molecule has 7 heteroatoms. The van der Waals surface area contributed by atoms with Gasteiger partial charge < -0.3 is 10.0 Å². The maximum absolute atomic E-state index is 12.6. The average Bonchev–Trinajstić information content (AvgIpc) is 3.27. The number of piperazine rings is 1. The molecule has 1 aliphatic heterocycles. The Morgan fingerprint density at radius 3 is 2.83 bits per heavy atom. The normalized spacial score (nSPS) is 17.4. The minimum atomic E-state index is -0.0271. The minimum Gasteiger partial charge on any atom is -0.395 e. The third kappa shape index (κ3) is 3.46. The van der Waals surface area contributed by atoms with Gasteiger partial charge in [-0.15, -0.1) is 11.3 Å². The Labute approximate surface area is 139 Å². The molecule has 1 unspecified atom stereocenters. The van der Waals surface area contributed by atoms with Crippen molar-refractivity contribution in [3.05, 3.63) is 29.3 Å². The molecule has 0 bridgehead atoms. The van der Waals surface area contributed by atoms with Crippen molar-refractivity contribution < 1.29 is 9.90 Å². The van der Waals surface area contributed by atoms with Crippen molar-refractivity contribution in [2.45, 2.75) is 19.4 Å². The Hall–Kier alpha value is -1.70. The Morgan fingerprint density at radius 2 is 2.22 bits per heavy atom. The van der Waals surface area contributed by atoms with Gasteiger partial charge in [-0.05, 0) is 23.9 Å². The van der Waals surface area contributed by atoms with E-state index in [0.29, 0.717) is 18.8 Å². The monoisotopic (exact) mass is 334 g/mol. The van der Waals surface area contributed by atoms with Crippen molar-refractivity contribution in [3.63, 3.8) is 0 Å².